The molecule has 1 saturated heterocycles. The van der Waals surface area contributed by atoms with Crippen molar-refractivity contribution >= 4 is 9.84 Å². The first kappa shape index (κ1) is 12.7. The zero-order chi connectivity index (χ0) is 11.3. The highest BCUT2D eigenvalue weighted by atomic mass is 32.2. The summed E-state index contributed by atoms with van der Waals surface area (Å²) in [6.07, 6.45) is 1.72. The molecule has 0 atom stereocenters. The first-order valence-corrected chi connectivity index (χ1v) is 6.84. The summed E-state index contributed by atoms with van der Waals surface area (Å²) in [5, 5.41) is 0.992. The zero-order valence-corrected chi connectivity index (χ0v) is 10.2. The van der Waals surface area contributed by atoms with Gasteiger partial charge in [0, 0.05) is 25.0 Å². The molecule has 5 heteroatoms. The summed E-state index contributed by atoms with van der Waals surface area (Å²) in [6.45, 7) is 7.31. The van der Waals surface area contributed by atoms with Gasteiger partial charge in [0.05, 0.1) is 18.5 Å². The van der Waals surface area contributed by atoms with Crippen molar-refractivity contribution in [1.82, 2.24) is 4.90 Å². The minimum Gasteiger partial charge on any atom is -0.379 e. The second-order valence-corrected chi connectivity index (χ2v) is 6.32. The average Bonchev–Trinajstić information content (AvgIpc) is 2.19. The monoisotopic (exact) mass is 233 g/mol. The Hall–Kier alpha value is -0.390. The van der Waals surface area contributed by atoms with Crippen LogP contribution in [0.4, 0.5) is 0 Å². The molecule has 0 aromatic heterocycles. The lowest BCUT2D eigenvalue weighted by atomic mass is 10.4. The minimum absolute atomic E-state index is 0.335. The summed E-state index contributed by atoms with van der Waals surface area (Å²) in [5.74, 6) is 0. The van der Waals surface area contributed by atoms with Gasteiger partial charge in [-0.2, -0.15) is 0 Å². The Bertz CT molecular complexity index is 303. The summed E-state index contributed by atoms with van der Waals surface area (Å²) >= 11 is 0. The minimum atomic E-state index is -3.04. The molecule has 0 N–H and O–H groups in total. The molecule has 88 valence electrons. The largest absolute Gasteiger partial charge is 0.379 e. The van der Waals surface area contributed by atoms with Crippen LogP contribution in [0.3, 0.4) is 0 Å². The van der Waals surface area contributed by atoms with Crippen LogP contribution in [0, 0.1) is 0 Å². The number of ether oxygens (including phenoxy) is 1. The Balaban J connectivity index is 2.38. The normalized spacial score (nSPS) is 20.2. The van der Waals surface area contributed by atoms with Crippen LogP contribution >= 0.6 is 0 Å². The van der Waals surface area contributed by atoms with Gasteiger partial charge in [-0.1, -0.05) is 6.08 Å². The molecule has 1 fully saturated rings. The standard InChI is InChI=1S/C10H19NO3S/c1-10(2)15(12,13)9-3-4-11-5-7-14-8-6-11/h3,9-10H,4-8H2,1-2H3/b9-3+. The molecule has 15 heavy (non-hydrogen) atoms. The Kier molecular flexibility index (Phi) is 4.76. The van der Waals surface area contributed by atoms with E-state index in [4.69, 9.17) is 4.74 Å². The molecular formula is C10H19NO3S. The Morgan fingerprint density at radius 3 is 2.47 bits per heavy atom. The van der Waals surface area contributed by atoms with E-state index in [1.54, 1.807) is 19.9 Å². The number of hydrogen-bond acceptors (Lipinski definition) is 4. The molecule has 0 unspecified atom stereocenters. The molecule has 1 aliphatic heterocycles. The molecule has 0 bridgehead atoms. The lowest BCUT2D eigenvalue weighted by Gasteiger charge is -2.25. The van der Waals surface area contributed by atoms with Crippen molar-refractivity contribution in [1.29, 1.82) is 0 Å². The van der Waals surface area contributed by atoms with Gasteiger partial charge in [-0.15, -0.1) is 0 Å². The zero-order valence-electron chi connectivity index (χ0n) is 9.35. The van der Waals surface area contributed by atoms with Crippen LogP contribution in [0.2, 0.25) is 0 Å². The number of sulfone groups is 1. The summed E-state index contributed by atoms with van der Waals surface area (Å²) < 4.78 is 28.1. The maximum Gasteiger partial charge on any atom is 0.173 e. The quantitative estimate of drug-likeness (QED) is 0.715. The summed E-state index contributed by atoms with van der Waals surface area (Å²) in [7, 11) is -3.04. The van der Waals surface area contributed by atoms with Crippen molar-refractivity contribution in [2.24, 2.45) is 0 Å². The molecule has 1 aliphatic rings. The molecule has 0 spiro atoms. The van der Waals surface area contributed by atoms with E-state index in [1.165, 1.54) is 5.41 Å². The van der Waals surface area contributed by atoms with Crippen molar-refractivity contribution in [3.63, 3.8) is 0 Å². The predicted octanol–water partition coefficient (Wildman–Crippen LogP) is 0.655. The first-order chi connectivity index (χ1) is 7.02. The van der Waals surface area contributed by atoms with Crippen LogP contribution in [0.25, 0.3) is 0 Å². The van der Waals surface area contributed by atoms with E-state index in [9.17, 15) is 8.42 Å². The smallest absolute Gasteiger partial charge is 0.173 e. The average molecular weight is 233 g/mol. The van der Waals surface area contributed by atoms with Crippen molar-refractivity contribution < 1.29 is 13.2 Å². The predicted molar refractivity (Wildman–Crippen MR) is 60.5 cm³/mol. The molecule has 0 aromatic carbocycles. The number of morpholine rings is 1. The van der Waals surface area contributed by atoms with E-state index >= 15 is 0 Å². The topological polar surface area (TPSA) is 46.6 Å². The third-order valence-electron chi connectivity index (χ3n) is 2.41. The van der Waals surface area contributed by atoms with Gasteiger partial charge in [0.15, 0.2) is 9.84 Å². The lowest BCUT2D eigenvalue weighted by Crippen LogP contribution is -2.36. The highest BCUT2D eigenvalue weighted by molar-refractivity contribution is 7.94. The second kappa shape index (κ2) is 5.63. The maximum atomic E-state index is 11.4. The summed E-state index contributed by atoms with van der Waals surface area (Å²) in [4.78, 5) is 2.18. The first-order valence-electron chi connectivity index (χ1n) is 5.23. The Morgan fingerprint density at radius 2 is 1.93 bits per heavy atom. The van der Waals surface area contributed by atoms with Gasteiger partial charge in [-0.25, -0.2) is 8.42 Å². The molecular weight excluding hydrogens is 214 g/mol. The van der Waals surface area contributed by atoms with Gasteiger partial charge < -0.3 is 4.74 Å². The van der Waals surface area contributed by atoms with Crippen LogP contribution in [0.1, 0.15) is 13.8 Å². The highest BCUT2D eigenvalue weighted by Gasteiger charge is 2.12. The van der Waals surface area contributed by atoms with Crippen molar-refractivity contribution in [3.8, 4) is 0 Å². The fraction of sp³-hybridized carbons (Fsp3) is 0.800. The van der Waals surface area contributed by atoms with Crippen molar-refractivity contribution in [2.75, 3.05) is 32.8 Å². The van der Waals surface area contributed by atoms with Crippen LogP contribution in [0.15, 0.2) is 11.5 Å². The number of rotatable bonds is 4. The van der Waals surface area contributed by atoms with Crippen molar-refractivity contribution in [3.05, 3.63) is 11.5 Å². The molecule has 1 heterocycles. The van der Waals surface area contributed by atoms with Crippen LogP contribution < -0.4 is 0 Å². The second-order valence-electron chi connectivity index (χ2n) is 3.92. The molecule has 0 radical (unpaired) electrons. The molecule has 0 saturated carbocycles. The van der Waals surface area contributed by atoms with Gasteiger partial charge in [-0.05, 0) is 13.8 Å². The molecule has 0 aromatic rings. The Morgan fingerprint density at radius 1 is 1.33 bits per heavy atom. The van der Waals surface area contributed by atoms with Gasteiger partial charge in [0.1, 0.15) is 0 Å². The Labute approximate surface area is 91.8 Å². The van der Waals surface area contributed by atoms with E-state index in [-0.39, 0.29) is 5.25 Å². The molecule has 4 nitrogen and oxygen atoms in total. The highest BCUT2D eigenvalue weighted by Crippen LogP contribution is 2.03. The number of hydrogen-bond donors (Lipinski definition) is 0. The van der Waals surface area contributed by atoms with Crippen molar-refractivity contribution in [2.45, 2.75) is 19.1 Å². The third kappa shape index (κ3) is 4.32. The van der Waals surface area contributed by atoms with E-state index in [2.05, 4.69) is 4.90 Å². The molecule has 0 aliphatic carbocycles. The van der Waals surface area contributed by atoms with Crippen LogP contribution in [0.5, 0.6) is 0 Å². The van der Waals surface area contributed by atoms with Crippen LogP contribution in [-0.4, -0.2) is 51.4 Å². The lowest BCUT2D eigenvalue weighted by molar-refractivity contribution is 0.0434. The van der Waals surface area contributed by atoms with E-state index in [0.717, 1.165) is 26.3 Å². The molecule has 1 rings (SSSR count). The van der Waals surface area contributed by atoms with Gasteiger partial charge >= 0.3 is 0 Å². The molecule has 0 amide bonds. The summed E-state index contributed by atoms with van der Waals surface area (Å²) in [5.41, 5.74) is 0. The van der Waals surface area contributed by atoms with E-state index in [0.29, 0.717) is 6.54 Å². The van der Waals surface area contributed by atoms with Gasteiger partial charge in [0.25, 0.3) is 0 Å². The fourth-order valence-electron chi connectivity index (χ4n) is 1.27. The van der Waals surface area contributed by atoms with E-state index < -0.39 is 9.84 Å². The van der Waals surface area contributed by atoms with Gasteiger partial charge in [-0.3, -0.25) is 4.90 Å². The van der Waals surface area contributed by atoms with E-state index in [1.807, 2.05) is 0 Å². The number of nitrogens with zero attached hydrogens (tertiary/aromatic N) is 1. The van der Waals surface area contributed by atoms with Crippen LogP contribution in [-0.2, 0) is 14.6 Å². The maximum absolute atomic E-state index is 11.4. The fourth-order valence-corrected chi connectivity index (χ4v) is 1.94. The SMILES string of the molecule is CC(C)S(=O)(=O)/C=C/CN1CCOCC1. The summed E-state index contributed by atoms with van der Waals surface area (Å²) in [6, 6.07) is 0. The third-order valence-corrected chi connectivity index (χ3v) is 4.30. The van der Waals surface area contributed by atoms with Gasteiger partial charge in [0.2, 0.25) is 0 Å².